The number of aliphatic hydroxyl groups is 1. The standard InChI is InChI=1S/C14H22N2O3S/c1-20(18,19)16-10-4-9-15-14(11-17)8-7-12-5-2-3-6-13(12)14/h2-3,5-6,15-17H,4,7-11H2,1H3. The Labute approximate surface area is 120 Å². The Balaban J connectivity index is 1.91. The van der Waals surface area contributed by atoms with Crippen LogP contribution in [-0.2, 0) is 22.0 Å². The lowest BCUT2D eigenvalue weighted by Crippen LogP contribution is -2.44. The number of fused-ring (bicyclic) bond motifs is 1. The summed E-state index contributed by atoms with van der Waals surface area (Å²) in [7, 11) is -3.12. The van der Waals surface area contributed by atoms with Crippen molar-refractivity contribution in [2.45, 2.75) is 24.8 Å². The quantitative estimate of drug-likeness (QED) is 0.635. The van der Waals surface area contributed by atoms with Gasteiger partial charge in [0.1, 0.15) is 0 Å². The summed E-state index contributed by atoms with van der Waals surface area (Å²) in [5, 5.41) is 13.2. The maximum atomic E-state index is 11.0. The van der Waals surface area contributed by atoms with E-state index in [2.05, 4.69) is 22.2 Å². The van der Waals surface area contributed by atoms with E-state index in [1.807, 2.05) is 12.1 Å². The summed E-state index contributed by atoms with van der Waals surface area (Å²) in [5.41, 5.74) is 2.07. The molecule has 1 atom stereocenters. The number of benzene rings is 1. The zero-order valence-corrected chi connectivity index (χ0v) is 12.5. The van der Waals surface area contributed by atoms with Crippen LogP contribution in [0.2, 0.25) is 0 Å². The molecule has 1 aromatic rings. The van der Waals surface area contributed by atoms with Crippen LogP contribution in [0.5, 0.6) is 0 Å². The van der Waals surface area contributed by atoms with Gasteiger partial charge in [-0.2, -0.15) is 0 Å². The molecular weight excluding hydrogens is 276 g/mol. The summed E-state index contributed by atoms with van der Waals surface area (Å²) < 4.78 is 24.4. The molecule has 5 nitrogen and oxygen atoms in total. The molecule has 6 heteroatoms. The minimum Gasteiger partial charge on any atom is -0.394 e. The molecular formula is C14H22N2O3S. The molecule has 0 fully saturated rings. The number of sulfonamides is 1. The number of hydrogen-bond acceptors (Lipinski definition) is 4. The lowest BCUT2D eigenvalue weighted by atomic mass is 9.92. The minimum absolute atomic E-state index is 0.0590. The fourth-order valence-corrected chi connectivity index (χ4v) is 3.28. The number of rotatable bonds is 7. The number of hydrogen-bond donors (Lipinski definition) is 3. The molecule has 20 heavy (non-hydrogen) atoms. The monoisotopic (exact) mass is 298 g/mol. The normalized spacial score (nSPS) is 21.9. The highest BCUT2D eigenvalue weighted by Gasteiger charge is 2.37. The molecule has 112 valence electrons. The molecule has 2 rings (SSSR count). The van der Waals surface area contributed by atoms with E-state index in [0.29, 0.717) is 19.5 Å². The number of aryl methyl sites for hydroxylation is 1. The molecule has 1 aromatic carbocycles. The average molecular weight is 298 g/mol. The zero-order valence-electron chi connectivity index (χ0n) is 11.7. The highest BCUT2D eigenvalue weighted by Crippen LogP contribution is 2.36. The summed E-state index contributed by atoms with van der Waals surface area (Å²) in [5.74, 6) is 0. The SMILES string of the molecule is CS(=O)(=O)NCCCNC1(CO)CCc2ccccc21. The molecule has 0 radical (unpaired) electrons. The van der Waals surface area contributed by atoms with Gasteiger partial charge in [0.15, 0.2) is 0 Å². The van der Waals surface area contributed by atoms with E-state index in [1.54, 1.807) is 0 Å². The van der Waals surface area contributed by atoms with E-state index in [1.165, 1.54) is 11.1 Å². The van der Waals surface area contributed by atoms with Crippen molar-refractivity contribution >= 4 is 10.0 Å². The molecule has 0 aliphatic heterocycles. The van der Waals surface area contributed by atoms with Crippen molar-refractivity contribution in [3.8, 4) is 0 Å². The molecule has 0 aromatic heterocycles. The summed E-state index contributed by atoms with van der Waals surface area (Å²) >= 11 is 0. The summed E-state index contributed by atoms with van der Waals surface area (Å²) in [6.07, 6.45) is 3.69. The van der Waals surface area contributed by atoms with Crippen LogP contribution >= 0.6 is 0 Å². The van der Waals surface area contributed by atoms with E-state index in [0.717, 1.165) is 19.1 Å². The van der Waals surface area contributed by atoms with E-state index in [9.17, 15) is 13.5 Å². The largest absolute Gasteiger partial charge is 0.394 e. The molecule has 0 heterocycles. The van der Waals surface area contributed by atoms with Crippen LogP contribution in [0.1, 0.15) is 24.0 Å². The van der Waals surface area contributed by atoms with Crippen molar-refractivity contribution in [3.63, 3.8) is 0 Å². The van der Waals surface area contributed by atoms with E-state index in [-0.39, 0.29) is 12.1 Å². The molecule has 0 saturated carbocycles. The van der Waals surface area contributed by atoms with Crippen LogP contribution in [0.25, 0.3) is 0 Å². The topological polar surface area (TPSA) is 78.4 Å². The van der Waals surface area contributed by atoms with Crippen LogP contribution < -0.4 is 10.0 Å². The predicted molar refractivity (Wildman–Crippen MR) is 79.0 cm³/mol. The van der Waals surface area contributed by atoms with Crippen LogP contribution in [0.3, 0.4) is 0 Å². The third-order valence-electron chi connectivity index (χ3n) is 3.81. The molecule has 3 N–H and O–H groups in total. The molecule has 1 aliphatic carbocycles. The van der Waals surface area contributed by atoms with Gasteiger partial charge in [0, 0.05) is 6.54 Å². The fourth-order valence-electron chi connectivity index (χ4n) is 2.77. The van der Waals surface area contributed by atoms with Crippen molar-refractivity contribution in [3.05, 3.63) is 35.4 Å². The van der Waals surface area contributed by atoms with Gasteiger partial charge in [0.2, 0.25) is 10.0 Å². The van der Waals surface area contributed by atoms with Crippen LogP contribution in [0.15, 0.2) is 24.3 Å². The lowest BCUT2D eigenvalue weighted by molar-refractivity contribution is 0.160. The van der Waals surface area contributed by atoms with Gasteiger partial charge in [-0.1, -0.05) is 24.3 Å². The van der Waals surface area contributed by atoms with E-state index < -0.39 is 10.0 Å². The van der Waals surface area contributed by atoms with Crippen LogP contribution in [0.4, 0.5) is 0 Å². The molecule has 0 spiro atoms. The highest BCUT2D eigenvalue weighted by atomic mass is 32.2. The molecule has 0 amide bonds. The van der Waals surface area contributed by atoms with Crippen molar-refractivity contribution in [1.82, 2.24) is 10.0 Å². The predicted octanol–water partition coefficient (Wildman–Crippen LogP) is 0.349. The Morgan fingerprint density at radius 2 is 2.05 bits per heavy atom. The Hall–Kier alpha value is -0.950. The van der Waals surface area contributed by atoms with Crippen molar-refractivity contribution in [2.24, 2.45) is 0 Å². The van der Waals surface area contributed by atoms with Gasteiger partial charge >= 0.3 is 0 Å². The van der Waals surface area contributed by atoms with Crippen LogP contribution in [0, 0.1) is 0 Å². The first-order valence-electron chi connectivity index (χ1n) is 6.86. The highest BCUT2D eigenvalue weighted by molar-refractivity contribution is 7.88. The van der Waals surface area contributed by atoms with Crippen molar-refractivity contribution in [1.29, 1.82) is 0 Å². The van der Waals surface area contributed by atoms with Gasteiger partial charge in [-0.3, -0.25) is 0 Å². The molecule has 1 aliphatic rings. The van der Waals surface area contributed by atoms with Gasteiger partial charge in [0.05, 0.1) is 18.4 Å². The van der Waals surface area contributed by atoms with Gasteiger partial charge in [0.25, 0.3) is 0 Å². The Kier molecular flexibility index (Phi) is 4.80. The second-order valence-corrected chi connectivity index (χ2v) is 7.18. The maximum Gasteiger partial charge on any atom is 0.208 e. The molecule has 0 bridgehead atoms. The van der Waals surface area contributed by atoms with Gasteiger partial charge < -0.3 is 10.4 Å². The third kappa shape index (κ3) is 3.58. The van der Waals surface area contributed by atoms with E-state index >= 15 is 0 Å². The Bertz CT molecular complexity index is 559. The number of aliphatic hydroxyl groups excluding tert-OH is 1. The first kappa shape index (κ1) is 15.4. The number of nitrogens with one attached hydrogen (secondary N) is 2. The Morgan fingerprint density at radius 1 is 1.30 bits per heavy atom. The lowest BCUT2D eigenvalue weighted by Gasteiger charge is -2.30. The van der Waals surface area contributed by atoms with Gasteiger partial charge in [-0.05, 0) is 36.9 Å². The van der Waals surface area contributed by atoms with Gasteiger partial charge in [-0.25, -0.2) is 13.1 Å². The Morgan fingerprint density at radius 3 is 2.75 bits per heavy atom. The van der Waals surface area contributed by atoms with Crippen molar-refractivity contribution in [2.75, 3.05) is 26.0 Å². The second kappa shape index (κ2) is 6.22. The summed E-state index contributed by atoms with van der Waals surface area (Å²) in [6, 6.07) is 8.16. The van der Waals surface area contributed by atoms with Crippen molar-refractivity contribution < 1.29 is 13.5 Å². The zero-order chi connectivity index (χ0) is 14.6. The smallest absolute Gasteiger partial charge is 0.208 e. The van der Waals surface area contributed by atoms with Gasteiger partial charge in [-0.15, -0.1) is 0 Å². The third-order valence-corrected chi connectivity index (χ3v) is 4.53. The first-order valence-corrected chi connectivity index (χ1v) is 8.75. The molecule has 0 saturated heterocycles. The minimum atomic E-state index is -3.12. The van der Waals surface area contributed by atoms with Crippen LogP contribution in [-0.4, -0.2) is 39.5 Å². The maximum absolute atomic E-state index is 11.0. The summed E-state index contributed by atoms with van der Waals surface area (Å²) in [4.78, 5) is 0. The summed E-state index contributed by atoms with van der Waals surface area (Å²) in [6.45, 7) is 1.13. The van der Waals surface area contributed by atoms with E-state index in [4.69, 9.17) is 0 Å². The first-order chi connectivity index (χ1) is 9.47. The average Bonchev–Trinajstić information content (AvgIpc) is 2.77. The second-order valence-electron chi connectivity index (χ2n) is 5.34. The molecule has 1 unspecified atom stereocenters. The fraction of sp³-hybridized carbons (Fsp3) is 0.571.